The Labute approximate surface area is 114 Å². The number of aliphatic hydroxyl groups is 1. The molecule has 1 aliphatic heterocycles. The minimum atomic E-state index is -0.730. The van der Waals surface area contributed by atoms with Crippen LogP contribution >= 0.6 is 15.9 Å². The maximum absolute atomic E-state index is 10.5. The fraction of sp³-hybridized carbons (Fsp3) is 0.636. The van der Waals surface area contributed by atoms with Gasteiger partial charge in [-0.2, -0.15) is 4.98 Å². The molecule has 0 atom stereocenters. The van der Waals surface area contributed by atoms with E-state index in [1.54, 1.807) is 6.20 Å². The standard InChI is InChI=1S/C11H17BrN4O2/c1-16(7-11(17)2-4-18-5-3-11)9-8(12)6-14-10(13)15-9/h6,17H,2-5,7H2,1H3,(H2,13,14,15). The second-order valence-corrected chi connectivity index (χ2v) is 5.45. The summed E-state index contributed by atoms with van der Waals surface area (Å²) in [6.07, 6.45) is 2.88. The molecule has 1 fully saturated rings. The Hall–Kier alpha value is -0.920. The first-order chi connectivity index (χ1) is 8.50. The normalized spacial score (nSPS) is 18.6. The predicted molar refractivity (Wildman–Crippen MR) is 72.4 cm³/mol. The first-order valence-electron chi connectivity index (χ1n) is 5.79. The predicted octanol–water partition coefficient (Wildman–Crippen LogP) is 0.799. The van der Waals surface area contributed by atoms with Crippen LogP contribution in [0.5, 0.6) is 0 Å². The first kappa shape index (κ1) is 13.5. The molecule has 6 nitrogen and oxygen atoms in total. The lowest BCUT2D eigenvalue weighted by Gasteiger charge is -2.36. The average molecular weight is 317 g/mol. The number of halogens is 1. The van der Waals surface area contributed by atoms with Crippen LogP contribution in [-0.2, 0) is 4.74 Å². The molecule has 18 heavy (non-hydrogen) atoms. The van der Waals surface area contributed by atoms with E-state index in [0.717, 1.165) is 4.47 Å². The van der Waals surface area contributed by atoms with E-state index < -0.39 is 5.60 Å². The van der Waals surface area contributed by atoms with E-state index in [-0.39, 0.29) is 5.95 Å². The van der Waals surface area contributed by atoms with Gasteiger partial charge in [0.15, 0.2) is 0 Å². The zero-order chi connectivity index (χ0) is 13.2. The third-order valence-corrected chi connectivity index (χ3v) is 3.62. The molecule has 0 unspecified atom stereocenters. The molecule has 0 amide bonds. The summed E-state index contributed by atoms with van der Waals surface area (Å²) in [6.45, 7) is 1.68. The number of nitrogens with two attached hydrogens (primary N) is 1. The van der Waals surface area contributed by atoms with Gasteiger partial charge in [-0.05, 0) is 15.9 Å². The second kappa shape index (κ2) is 5.38. The molecule has 3 N–H and O–H groups in total. The van der Waals surface area contributed by atoms with E-state index >= 15 is 0 Å². The monoisotopic (exact) mass is 316 g/mol. The summed E-state index contributed by atoms with van der Waals surface area (Å²) >= 11 is 3.38. The summed E-state index contributed by atoms with van der Waals surface area (Å²) < 4.78 is 6.02. The van der Waals surface area contributed by atoms with Gasteiger partial charge in [0.05, 0.1) is 10.1 Å². The Morgan fingerprint density at radius 3 is 2.89 bits per heavy atom. The highest BCUT2D eigenvalue weighted by Crippen LogP contribution is 2.27. The van der Waals surface area contributed by atoms with Crippen molar-refractivity contribution in [1.29, 1.82) is 0 Å². The third-order valence-electron chi connectivity index (χ3n) is 3.06. The maximum atomic E-state index is 10.5. The minimum Gasteiger partial charge on any atom is -0.388 e. The summed E-state index contributed by atoms with van der Waals surface area (Å²) in [5.41, 5.74) is 4.85. The van der Waals surface area contributed by atoms with Gasteiger partial charge in [0.1, 0.15) is 5.82 Å². The Morgan fingerprint density at radius 2 is 2.22 bits per heavy atom. The number of hydrogen-bond acceptors (Lipinski definition) is 6. The lowest BCUT2D eigenvalue weighted by Crippen LogP contribution is -2.46. The maximum Gasteiger partial charge on any atom is 0.222 e. The van der Waals surface area contributed by atoms with E-state index in [4.69, 9.17) is 10.5 Å². The lowest BCUT2D eigenvalue weighted by molar-refractivity contribution is -0.0573. The van der Waals surface area contributed by atoms with Gasteiger partial charge in [0.25, 0.3) is 0 Å². The molecule has 7 heteroatoms. The van der Waals surface area contributed by atoms with Crippen LogP contribution in [-0.4, -0.2) is 47.5 Å². The number of likely N-dealkylation sites (N-methyl/N-ethyl adjacent to an activating group) is 1. The molecule has 0 spiro atoms. The number of hydrogen-bond donors (Lipinski definition) is 2. The summed E-state index contributed by atoms with van der Waals surface area (Å²) in [5, 5.41) is 10.5. The number of aromatic nitrogens is 2. The van der Waals surface area contributed by atoms with Crippen LogP contribution < -0.4 is 10.6 Å². The highest BCUT2D eigenvalue weighted by molar-refractivity contribution is 9.10. The number of anilines is 2. The number of nitrogens with zero attached hydrogens (tertiary/aromatic N) is 3. The van der Waals surface area contributed by atoms with Crippen LogP contribution in [0.15, 0.2) is 10.7 Å². The largest absolute Gasteiger partial charge is 0.388 e. The Kier molecular flexibility index (Phi) is 4.04. The highest BCUT2D eigenvalue weighted by atomic mass is 79.9. The summed E-state index contributed by atoms with van der Waals surface area (Å²) in [6, 6.07) is 0. The Balaban J connectivity index is 2.11. The van der Waals surface area contributed by atoms with Gasteiger partial charge < -0.3 is 20.5 Å². The molecule has 2 rings (SSSR count). The summed E-state index contributed by atoms with van der Waals surface area (Å²) in [4.78, 5) is 9.95. The third kappa shape index (κ3) is 3.09. The molecule has 1 aliphatic rings. The Bertz CT molecular complexity index is 424. The lowest BCUT2D eigenvalue weighted by atomic mass is 9.94. The van der Waals surface area contributed by atoms with E-state index in [1.807, 2.05) is 11.9 Å². The van der Waals surface area contributed by atoms with Gasteiger partial charge >= 0.3 is 0 Å². The number of nitrogen functional groups attached to an aromatic ring is 1. The van der Waals surface area contributed by atoms with Crippen LogP contribution in [0.4, 0.5) is 11.8 Å². The van der Waals surface area contributed by atoms with Crippen LogP contribution in [0.2, 0.25) is 0 Å². The fourth-order valence-electron chi connectivity index (χ4n) is 2.06. The number of ether oxygens (including phenoxy) is 1. The van der Waals surface area contributed by atoms with Gasteiger partial charge in [0, 0.05) is 45.8 Å². The highest BCUT2D eigenvalue weighted by Gasteiger charge is 2.31. The molecule has 0 bridgehead atoms. The van der Waals surface area contributed by atoms with Gasteiger partial charge in [-0.15, -0.1) is 0 Å². The molecular formula is C11H17BrN4O2. The van der Waals surface area contributed by atoms with Gasteiger partial charge in [-0.25, -0.2) is 4.98 Å². The molecule has 0 saturated carbocycles. The van der Waals surface area contributed by atoms with Crippen molar-refractivity contribution in [3.05, 3.63) is 10.7 Å². The quantitative estimate of drug-likeness (QED) is 0.858. The van der Waals surface area contributed by atoms with Gasteiger partial charge in [0.2, 0.25) is 5.95 Å². The molecule has 0 radical (unpaired) electrons. The van der Waals surface area contributed by atoms with Crippen molar-refractivity contribution in [3.63, 3.8) is 0 Å². The van der Waals surface area contributed by atoms with E-state index in [0.29, 0.717) is 38.4 Å². The van der Waals surface area contributed by atoms with Crippen molar-refractivity contribution >= 4 is 27.7 Å². The second-order valence-electron chi connectivity index (χ2n) is 4.59. The molecule has 0 aromatic carbocycles. The van der Waals surface area contributed by atoms with Crippen LogP contribution in [0.1, 0.15) is 12.8 Å². The smallest absolute Gasteiger partial charge is 0.222 e. The molecule has 0 aliphatic carbocycles. The van der Waals surface area contributed by atoms with Crippen molar-refractivity contribution in [2.45, 2.75) is 18.4 Å². The van der Waals surface area contributed by atoms with Crippen molar-refractivity contribution in [3.8, 4) is 0 Å². The fourth-order valence-corrected chi connectivity index (χ4v) is 2.56. The molecule has 100 valence electrons. The van der Waals surface area contributed by atoms with Crippen molar-refractivity contribution in [2.75, 3.05) is 37.4 Å². The minimum absolute atomic E-state index is 0.221. The summed E-state index contributed by atoms with van der Waals surface area (Å²) in [7, 11) is 1.87. The molecule has 1 aromatic rings. The SMILES string of the molecule is CN(CC1(O)CCOCC1)c1nc(N)ncc1Br. The zero-order valence-electron chi connectivity index (χ0n) is 10.3. The Morgan fingerprint density at radius 1 is 1.56 bits per heavy atom. The molecule has 1 aromatic heterocycles. The van der Waals surface area contributed by atoms with Crippen LogP contribution in [0.25, 0.3) is 0 Å². The van der Waals surface area contributed by atoms with Crippen LogP contribution in [0, 0.1) is 0 Å². The molecule has 1 saturated heterocycles. The van der Waals surface area contributed by atoms with Crippen molar-refractivity contribution in [2.24, 2.45) is 0 Å². The van der Waals surface area contributed by atoms with Crippen molar-refractivity contribution in [1.82, 2.24) is 9.97 Å². The molecule has 2 heterocycles. The number of rotatable bonds is 3. The van der Waals surface area contributed by atoms with E-state index in [2.05, 4.69) is 25.9 Å². The first-order valence-corrected chi connectivity index (χ1v) is 6.59. The van der Waals surface area contributed by atoms with E-state index in [9.17, 15) is 5.11 Å². The topological polar surface area (TPSA) is 84.5 Å². The summed E-state index contributed by atoms with van der Waals surface area (Å²) in [5.74, 6) is 0.904. The molecular weight excluding hydrogens is 300 g/mol. The zero-order valence-corrected chi connectivity index (χ0v) is 11.9. The van der Waals surface area contributed by atoms with E-state index in [1.165, 1.54) is 0 Å². The average Bonchev–Trinajstić information content (AvgIpc) is 2.32. The van der Waals surface area contributed by atoms with Gasteiger partial charge in [-0.1, -0.05) is 0 Å². The van der Waals surface area contributed by atoms with Crippen molar-refractivity contribution < 1.29 is 9.84 Å². The van der Waals surface area contributed by atoms with Gasteiger partial charge in [-0.3, -0.25) is 0 Å². The van der Waals surface area contributed by atoms with Crippen LogP contribution in [0.3, 0.4) is 0 Å².